The summed E-state index contributed by atoms with van der Waals surface area (Å²) in [6, 6.07) is 0. The maximum atomic E-state index is 10.6. The van der Waals surface area contributed by atoms with Crippen LogP contribution in [0.25, 0.3) is 0 Å². The summed E-state index contributed by atoms with van der Waals surface area (Å²) in [6.07, 6.45) is -3.40. The van der Waals surface area contributed by atoms with Gasteiger partial charge in [0.1, 0.15) is 0 Å². The van der Waals surface area contributed by atoms with Crippen LogP contribution in [0.3, 0.4) is 0 Å². The van der Waals surface area contributed by atoms with Crippen LogP contribution in [0, 0.1) is 5.41 Å². The minimum absolute atomic E-state index is 0.393. The zero-order valence-electron chi connectivity index (χ0n) is 9.17. The minimum atomic E-state index is -5.08. The third-order valence-electron chi connectivity index (χ3n) is 2.26. The summed E-state index contributed by atoms with van der Waals surface area (Å²) in [7, 11) is 0. The Morgan fingerprint density at radius 2 is 1.71 bits per heavy atom. The molecule has 1 saturated carbocycles. The highest BCUT2D eigenvalue weighted by molar-refractivity contribution is 5.78. The molecule has 100 valence electrons. The van der Waals surface area contributed by atoms with Crippen LogP contribution in [-0.4, -0.2) is 41.4 Å². The van der Waals surface area contributed by atoms with Crippen LogP contribution in [-0.2, 0) is 9.59 Å². The molecule has 1 rings (SSSR count). The molecule has 1 fully saturated rings. The summed E-state index contributed by atoms with van der Waals surface area (Å²) in [5, 5.41) is 18.9. The van der Waals surface area contributed by atoms with Crippen molar-refractivity contribution in [2.75, 3.05) is 13.1 Å². The second-order valence-corrected chi connectivity index (χ2v) is 3.67. The number of carboxylic acid groups (broad SMARTS) is 2. The van der Waals surface area contributed by atoms with Crippen molar-refractivity contribution >= 4 is 11.9 Å². The van der Waals surface area contributed by atoms with E-state index in [4.69, 9.17) is 15.0 Å². The van der Waals surface area contributed by atoms with Crippen LogP contribution in [0.5, 0.6) is 0 Å². The van der Waals surface area contributed by atoms with Crippen molar-refractivity contribution in [1.29, 1.82) is 0 Å². The number of alkyl halides is 3. The van der Waals surface area contributed by atoms with Gasteiger partial charge in [-0.25, -0.2) is 4.79 Å². The first-order chi connectivity index (χ1) is 7.65. The summed E-state index contributed by atoms with van der Waals surface area (Å²) in [6.45, 7) is 3.48. The van der Waals surface area contributed by atoms with E-state index in [-0.39, 0.29) is 0 Å². The van der Waals surface area contributed by atoms with Crippen LogP contribution >= 0.6 is 0 Å². The van der Waals surface area contributed by atoms with Crippen molar-refractivity contribution in [2.45, 2.75) is 25.9 Å². The van der Waals surface area contributed by atoms with Gasteiger partial charge in [0, 0.05) is 6.54 Å². The quantitative estimate of drug-likeness (QED) is 0.702. The molecule has 0 aromatic carbocycles. The van der Waals surface area contributed by atoms with E-state index in [0.29, 0.717) is 6.54 Å². The number of carboxylic acids is 2. The number of hydrogen-bond donors (Lipinski definition) is 3. The average Bonchev–Trinajstić information content (AvgIpc) is 2.95. The van der Waals surface area contributed by atoms with E-state index in [1.807, 2.05) is 6.92 Å². The lowest BCUT2D eigenvalue weighted by Gasteiger charge is -2.08. The highest BCUT2D eigenvalue weighted by Gasteiger charge is 2.49. The lowest BCUT2D eigenvalue weighted by Crippen LogP contribution is -2.29. The van der Waals surface area contributed by atoms with E-state index in [2.05, 4.69) is 5.32 Å². The molecule has 0 unspecified atom stereocenters. The summed E-state index contributed by atoms with van der Waals surface area (Å²) < 4.78 is 31.7. The Morgan fingerprint density at radius 1 is 1.29 bits per heavy atom. The molecule has 0 aromatic rings. The van der Waals surface area contributed by atoms with Gasteiger partial charge < -0.3 is 15.5 Å². The topological polar surface area (TPSA) is 86.6 Å². The smallest absolute Gasteiger partial charge is 0.481 e. The predicted molar refractivity (Wildman–Crippen MR) is 51.5 cm³/mol. The van der Waals surface area contributed by atoms with E-state index in [0.717, 1.165) is 19.4 Å². The van der Waals surface area contributed by atoms with E-state index < -0.39 is 23.5 Å². The summed E-state index contributed by atoms with van der Waals surface area (Å²) >= 11 is 0. The molecule has 8 heteroatoms. The number of nitrogens with one attached hydrogen (secondary N) is 1. The predicted octanol–water partition coefficient (Wildman–Crippen LogP) is 1.09. The molecular formula is C9H14F3NO4. The zero-order chi connectivity index (χ0) is 13.7. The van der Waals surface area contributed by atoms with Gasteiger partial charge in [-0.1, -0.05) is 6.92 Å². The molecule has 1 aliphatic rings. The van der Waals surface area contributed by atoms with Crippen molar-refractivity contribution in [3.05, 3.63) is 0 Å². The van der Waals surface area contributed by atoms with Crippen LogP contribution < -0.4 is 5.32 Å². The second kappa shape index (κ2) is 5.85. The van der Waals surface area contributed by atoms with Gasteiger partial charge in [-0.3, -0.25) is 4.79 Å². The zero-order valence-corrected chi connectivity index (χ0v) is 9.17. The Labute approximate surface area is 95.6 Å². The molecule has 1 aliphatic carbocycles. The molecule has 0 spiro atoms. The van der Waals surface area contributed by atoms with Gasteiger partial charge in [0.2, 0.25) is 0 Å². The lowest BCUT2D eigenvalue weighted by molar-refractivity contribution is -0.192. The fourth-order valence-corrected chi connectivity index (χ4v) is 0.981. The number of hydrogen-bond acceptors (Lipinski definition) is 3. The third kappa shape index (κ3) is 5.53. The number of halogens is 3. The van der Waals surface area contributed by atoms with Gasteiger partial charge in [0.15, 0.2) is 0 Å². The molecule has 0 aromatic heterocycles. The Balaban J connectivity index is 0.000000325. The number of aliphatic carboxylic acids is 2. The largest absolute Gasteiger partial charge is 0.490 e. The average molecular weight is 257 g/mol. The highest BCUT2D eigenvalue weighted by atomic mass is 19.4. The van der Waals surface area contributed by atoms with Crippen LogP contribution in [0.1, 0.15) is 19.8 Å². The first kappa shape index (κ1) is 15.7. The van der Waals surface area contributed by atoms with Crippen molar-refractivity contribution in [3.63, 3.8) is 0 Å². The van der Waals surface area contributed by atoms with Gasteiger partial charge in [-0.2, -0.15) is 13.2 Å². The molecule has 0 bridgehead atoms. The monoisotopic (exact) mass is 257 g/mol. The first-order valence-corrected chi connectivity index (χ1v) is 4.90. The molecule has 0 amide bonds. The maximum absolute atomic E-state index is 10.6. The Morgan fingerprint density at radius 3 is 1.88 bits per heavy atom. The van der Waals surface area contributed by atoms with Gasteiger partial charge in [-0.05, 0) is 19.4 Å². The van der Waals surface area contributed by atoms with E-state index >= 15 is 0 Å². The third-order valence-corrected chi connectivity index (χ3v) is 2.26. The second-order valence-electron chi connectivity index (χ2n) is 3.67. The van der Waals surface area contributed by atoms with Crippen LogP contribution in [0.4, 0.5) is 13.2 Å². The van der Waals surface area contributed by atoms with Crippen molar-refractivity contribution in [2.24, 2.45) is 5.41 Å². The lowest BCUT2D eigenvalue weighted by atomic mass is 10.1. The Hall–Kier alpha value is -1.31. The molecule has 0 aliphatic heterocycles. The Bertz CT molecular complexity index is 286. The van der Waals surface area contributed by atoms with Gasteiger partial charge in [0.05, 0.1) is 5.41 Å². The van der Waals surface area contributed by atoms with Gasteiger partial charge >= 0.3 is 18.1 Å². The molecule has 3 N–H and O–H groups in total. The Kier molecular flexibility index (Phi) is 5.40. The van der Waals surface area contributed by atoms with Gasteiger partial charge in [-0.15, -0.1) is 0 Å². The molecule has 0 heterocycles. The van der Waals surface area contributed by atoms with Crippen LogP contribution in [0.2, 0.25) is 0 Å². The fourth-order valence-electron chi connectivity index (χ4n) is 0.981. The standard InChI is InChI=1S/C7H13NO2.C2HF3O2/c1-2-8-5-7(3-4-7)6(9)10;3-2(4,5)1(6)7/h8H,2-5H2,1H3,(H,9,10);(H,6,7). The van der Waals surface area contributed by atoms with Gasteiger partial charge in [0.25, 0.3) is 0 Å². The summed E-state index contributed by atoms with van der Waals surface area (Å²) in [5.74, 6) is -3.40. The van der Waals surface area contributed by atoms with Crippen LogP contribution in [0.15, 0.2) is 0 Å². The molecular weight excluding hydrogens is 243 g/mol. The van der Waals surface area contributed by atoms with E-state index in [1.165, 1.54) is 0 Å². The number of carbonyl (C=O) groups is 2. The van der Waals surface area contributed by atoms with E-state index in [1.54, 1.807) is 0 Å². The first-order valence-electron chi connectivity index (χ1n) is 4.90. The van der Waals surface area contributed by atoms with Crippen molar-refractivity contribution in [1.82, 2.24) is 5.32 Å². The SMILES string of the molecule is CCNCC1(C(=O)O)CC1.O=C(O)C(F)(F)F. The normalized spacial score (nSPS) is 16.7. The number of rotatable bonds is 4. The molecule has 5 nitrogen and oxygen atoms in total. The van der Waals surface area contributed by atoms with Crippen molar-refractivity contribution < 1.29 is 33.0 Å². The molecule has 17 heavy (non-hydrogen) atoms. The minimum Gasteiger partial charge on any atom is -0.481 e. The summed E-state index contributed by atoms with van der Waals surface area (Å²) in [5.41, 5.74) is -0.393. The molecule has 0 saturated heterocycles. The fraction of sp³-hybridized carbons (Fsp3) is 0.778. The summed E-state index contributed by atoms with van der Waals surface area (Å²) in [4.78, 5) is 19.4. The molecule has 0 atom stereocenters. The molecule has 0 radical (unpaired) electrons. The maximum Gasteiger partial charge on any atom is 0.490 e. The highest BCUT2D eigenvalue weighted by Crippen LogP contribution is 2.45. The van der Waals surface area contributed by atoms with E-state index in [9.17, 15) is 18.0 Å². The van der Waals surface area contributed by atoms with Crippen molar-refractivity contribution in [3.8, 4) is 0 Å².